The Hall–Kier alpha value is -1.92. The second kappa shape index (κ2) is 9.85. The summed E-state index contributed by atoms with van der Waals surface area (Å²) in [5.41, 5.74) is 1.28. The maximum Gasteiger partial charge on any atom is 0.335 e. The van der Waals surface area contributed by atoms with Gasteiger partial charge < -0.3 is 19.6 Å². The number of hydrogen-bond acceptors (Lipinski definition) is 6. The van der Waals surface area contributed by atoms with Crippen LogP contribution in [0.25, 0.3) is 0 Å². The average Bonchev–Trinajstić information content (AvgIpc) is 3.38. The van der Waals surface area contributed by atoms with Gasteiger partial charge in [-0.2, -0.15) is 0 Å². The summed E-state index contributed by atoms with van der Waals surface area (Å²) in [4.78, 5) is 24.0. The van der Waals surface area contributed by atoms with E-state index in [1.165, 1.54) is 30.7 Å². The number of esters is 1. The minimum Gasteiger partial charge on any atom is -0.457 e. The van der Waals surface area contributed by atoms with E-state index in [4.69, 9.17) is 9.15 Å². The van der Waals surface area contributed by atoms with Gasteiger partial charge in [0.2, 0.25) is 0 Å². The van der Waals surface area contributed by atoms with Gasteiger partial charge in [-0.15, -0.1) is 0 Å². The number of nitrogens with one attached hydrogen (secondary N) is 1. The van der Waals surface area contributed by atoms with Crippen molar-refractivity contribution in [1.29, 1.82) is 0 Å². The number of hydrogen-bond donors (Lipinski definition) is 2. The third-order valence-electron chi connectivity index (χ3n) is 9.76. The quantitative estimate of drug-likeness (QED) is 0.472. The van der Waals surface area contributed by atoms with Crippen LogP contribution in [0, 0.1) is 17.3 Å². The van der Waals surface area contributed by atoms with Crippen molar-refractivity contribution in [1.82, 2.24) is 5.32 Å². The first-order valence-electron chi connectivity index (χ1n) is 13.7. The van der Waals surface area contributed by atoms with Crippen molar-refractivity contribution in [2.24, 2.45) is 17.3 Å². The van der Waals surface area contributed by atoms with Crippen molar-refractivity contribution in [2.75, 3.05) is 6.54 Å². The van der Waals surface area contributed by atoms with Gasteiger partial charge in [-0.05, 0) is 106 Å². The first-order chi connectivity index (χ1) is 16.8. The molecule has 1 aromatic heterocycles. The van der Waals surface area contributed by atoms with Crippen molar-refractivity contribution in [3.63, 3.8) is 0 Å². The molecule has 6 nitrogen and oxygen atoms in total. The summed E-state index contributed by atoms with van der Waals surface area (Å²) in [6.07, 6.45) is 14.6. The molecule has 2 heterocycles. The third kappa shape index (κ3) is 5.01. The van der Waals surface area contributed by atoms with Gasteiger partial charge in [-0.3, -0.25) is 4.79 Å². The molecule has 1 saturated heterocycles. The molecule has 0 bridgehead atoms. The second-order valence-corrected chi connectivity index (χ2v) is 11.9. The fourth-order valence-corrected chi connectivity index (χ4v) is 7.68. The van der Waals surface area contributed by atoms with E-state index in [2.05, 4.69) is 18.3 Å². The van der Waals surface area contributed by atoms with Crippen LogP contribution >= 0.6 is 0 Å². The molecule has 2 unspecified atom stereocenters. The van der Waals surface area contributed by atoms with Crippen LogP contribution in [0.3, 0.4) is 0 Å². The lowest BCUT2D eigenvalue weighted by Crippen LogP contribution is -2.44. The van der Waals surface area contributed by atoms with Gasteiger partial charge in [0.25, 0.3) is 0 Å². The summed E-state index contributed by atoms with van der Waals surface area (Å²) in [6, 6.07) is 3.14. The summed E-state index contributed by atoms with van der Waals surface area (Å²) >= 11 is 0. The van der Waals surface area contributed by atoms with Crippen molar-refractivity contribution >= 4 is 5.97 Å². The van der Waals surface area contributed by atoms with E-state index in [9.17, 15) is 14.7 Å². The van der Waals surface area contributed by atoms with Crippen LogP contribution < -0.4 is 10.9 Å². The molecule has 6 heteroatoms. The van der Waals surface area contributed by atoms with E-state index >= 15 is 0 Å². The number of fused-ring (bicyclic) bond motifs is 3. The molecule has 5 rings (SSSR count). The zero-order valence-corrected chi connectivity index (χ0v) is 21.3. The molecule has 35 heavy (non-hydrogen) atoms. The van der Waals surface area contributed by atoms with Crippen LogP contribution in [-0.2, 0) is 9.53 Å². The van der Waals surface area contributed by atoms with Gasteiger partial charge in [-0.1, -0.05) is 25.3 Å². The predicted octanol–water partition coefficient (Wildman–Crippen LogP) is 4.86. The van der Waals surface area contributed by atoms with Gasteiger partial charge in [0, 0.05) is 12.0 Å². The fourth-order valence-electron chi connectivity index (χ4n) is 7.68. The Morgan fingerprint density at radius 2 is 1.94 bits per heavy atom. The van der Waals surface area contributed by atoms with Gasteiger partial charge in [0.15, 0.2) is 0 Å². The van der Waals surface area contributed by atoms with Crippen molar-refractivity contribution < 1.29 is 19.1 Å². The molecule has 2 saturated carbocycles. The highest BCUT2D eigenvalue weighted by Gasteiger charge is 2.48. The maximum absolute atomic E-state index is 12.6. The van der Waals surface area contributed by atoms with Crippen LogP contribution in [0.4, 0.5) is 0 Å². The van der Waals surface area contributed by atoms with Gasteiger partial charge in [0.05, 0.1) is 11.9 Å². The molecule has 3 fully saturated rings. The molecule has 0 radical (unpaired) electrons. The molecule has 3 aliphatic carbocycles. The highest BCUT2D eigenvalue weighted by molar-refractivity contribution is 5.76. The zero-order valence-electron chi connectivity index (χ0n) is 21.3. The Balaban J connectivity index is 1.32. The van der Waals surface area contributed by atoms with Crippen LogP contribution in [0.2, 0.25) is 0 Å². The van der Waals surface area contributed by atoms with Crippen LogP contribution in [0.15, 0.2) is 39.3 Å². The number of carbonyl (C=O) groups is 1. The summed E-state index contributed by atoms with van der Waals surface area (Å²) < 4.78 is 11.1. The Labute approximate surface area is 208 Å². The van der Waals surface area contributed by atoms with E-state index in [1.807, 2.05) is 13.0 Å². The first kappa shape index (κ1) is 24.8. The normalized spacial score (nSPS) is 39.9. The molecule has 0 aromatic carbocycles. The summed E-state index contributed by atoms with van der Waals surface area (Å²) in [5.74, 6) is 1.05. The number of ether oxygens (including phenoxy) is 1. The molecular formula is C29H41NO5. The second-order valence-electron chi connectivity index (χ2n) is 11.9. The topological polar surface area (TPSA) is 88.8 Å². The highest BCUT2D eigenvalue weighted by Crippen LogP contribution is 2.57. The van der Waals surface area contributed by atoms with Gasteiger partial charge in [0.1, 0.15) is 12.1 Å². The fraction of sp³-hybridized carbons (Fsp3) is 0.724. The number of allylic oxidation sites excluding steroid dienone is 1. The Morgan fingerprint density at radius 1 is 1.09 bits per heavy atom. The van der Waals surface area contributed by atoms with E-state index in [-0.39, 0.29) is 35.1 Å². The molecular weight excluding hydrogens is 442 g/mol. The third-order valence-corrected chi connectivity index (χ3v) is 9.76. The molecule has 1 aliphatic heterocycles. The van der Waals surface area contributed by atoms with Crippen molar-refractivity contribution in [2.45, 2.75) is 108 Å². The molecule has 7 atom stereocenters. The summed E-state index contributed by atoms with van der Waals surface area (Å²) in [6.45, 7) is 5.27. The van der Waals surface area contributed by atoms with E-state index in [0.717, 1.165) is 69.9 Å². The van der Waals surface area contributed by atoms with E-state index in [1.54, 1.807) is 0 Å². The van der Waals surface area contributed by atoms with Crippen LogP contribution in [0.1, 0.15) is 96.0 Å². The summed E-state index contributed by atoms with van der Waals surface area (Å²) in [5, 5.41) is 14.9. The molecule has 1 aromatic rings. The monoisotopic (exact) mass is 483 g/mol. The maximum atomic E-state index is 12.6. The first-order valence-corrected chi connectivity index (χ1v) is 13.7. The number of carbonyl (C=O) groups excluding carboxylic acids is 1. The zero-order chi connectivity index (χ0) is 24.6. The van der Waals surface area contributed by atoms with E-state index in [0.29, 0.717) is 11.8 Å². The standard InChI is InChI=1S/C29H41NO5/c1-28-14-12-22(35-27(32)25-7-4-16-30-25)17-21(28)10-8-19-5-3-6-24(20-9-11-26(31)34-18-20)29(2,33)15-13-23(19)28/h9,11,17-19,22-25,30,33H,3-8,10,12-16H2,1-2H3/t19?,22-,23?,24+,25-,28-,29+/m0/s1. The molecule has 0 spiro atoms. The SMILES string of the molecule is C[C@]12CC[C@H](OC(=O)[C@@H]3CCCN3)C=C1CCC1CCC[C@H](c3ccc(=O)oc3)[C@](C)(O)CCC12. The van der Waals surface area contributed by atoms with Crippen molar-refractivity contribution in [3.8, 4) is 0 Å². The molecule has 0 amide bonds. The van der Waals surface area contributed by atoms with Crippen LogP contribution in [-0.4, -0.2) is 35.4 Å². The highest BCUT2D eigenvalue weighted by atomic mass is 16.5. The molecule has 192 valence electrons. The lowest BCUT2D eigenvalue weighted by Gasteiger charge is -2.51. The van der Waals surface area contributed by atoms with Crippen LogP contribution in [0.5, 0.6) is 0 Å². The molecule has 4 aliphatic rings. The summed E-state index contributed by atoms with van der Waals surface area (Å²) in [7, 11) is 0. The minimum absolute atomic E-state index is 0.0332. The Bertz CT molecular complexity index is 986. The van der Waals surface area contributed by atoms with E-state index < -0.39 is 5.60 Å². The Kier molecular flexibility index (Phi) is 6.97. The lowest BCUT2D eigenvalue weighted by atomic mass is 9.54. The Morgan fingerprint density at radius 3 is 2.69 bits per heavy atom. The largest absolute Gasteiger partial charge is 0.457 e. The van der Waals surface area contributed by atoms with Gasteiger partial charge >= 0.3 is 11.6 Å². The van der Waals surface area contributed by atoms with Crippen molar-refractivity contribution in [3.05, 3.63) is 46.0 Å². The number of rotatable bonds is 3. The lowest BCUT2D eigenvalue weighted by molar-refractivity contribution is -0.150. The van der Waals surface area contributed by atoms with Gasteiger partial charge in [-0.25, -0.2) is 4.79 Å². The smallest absolute Gasteiger partial charge is 0.335 e. The predicted molar refractivity (Wildman–Crippen MR) is 134 cm³/mol. The average molecular weight is 484 g/mol. The number of aliphatic hydroxyl groups is 1. The minimum atomic E-state index is -0.854. The molecule has 2 N–H and O–H groups in total.